The maximum absolute atomic E-state index is 11.6. The van der Waals surface area contributed by atoms with Crippen molar-refractivity contribution in [1.82, 2.24) is 0 Å². The van der Waals surface area contributed by atoms with Crippen LogP contribution in [0.5, 0.6) is 0 Å². The summed E-state index contributed by atoms with van der Waals surface area (Å²) < 4.78 is 0. The van der Waals surface area contributed by atoms with E-state index in [0.29, 0.717) is 0 Å². The molecule has 1 heterocycles. The van der Waals surface area contributed by atoms with Gasteiger partial charge in [-0.05, 0) is 25.0 Å². The minimum atomic E-state index is -0.0101. The fourth-order valence-corrected chi connectivity index (χ4v) is 2.14. The van der Waals surface area contributed by atoms with Crippen molar-refractivity contribution in [3.05, 3.63) is 29.8 Å². The number of carbonyl (C=O) groups excluding carboxylic acids is 1. The Morgan fingerprint density at radius 2 is 2.29 bits per heavy atom. The van der Waals surface area contributed by atoms with Gasteiger partial charge in [-0.15, -0.1) is 11.6 Å². The van der Waals surface area contributed by atoms with Gasteiger partial charge in [-0.3, -0.25) is 4.79 Å². The van der Waals surface area contributed by atoms with Crippen molar-refractivity contribution in [1.29, 1.82) is 0 Å². The van der Waals surface area contributed by atoms with Crippen molar-refractivity contribution in [2.24, 2.45) is 0 Å². The van der Waals surface area contributed by atoms with Crippen LogP contribution in [-0.4, -0.2) is 17.8 Å². The zero-order valence-electron chi connectivity index (χ0n) is 8.03. The normalized spacial score (nSPS) is 19.6. The minimum Gasteiger partial charge on any atom is -0.308 e. The topological polar surface area (TPSA) is 20.3 Å². The molecular weight excluding hydrogens is 198 g/mol. The van der Waals surface area contributed by atoms with Gasteiger partial charge in [0.25, 0.3) is 0 Å². The van der Waals surface area contributed by atoms with E-state index in [1.54, 1.807) is 4.90 Å². The lowest BCUT2D eigenvalue weighted by Crippen LogP contribution is -2.36. The second-order valence-corrected chi connectivity index (χ2v) is 3.85. The van der Waals surface area contributed by atoms with Crippen LogP contribution in [-0.2, 0) is 11.2 Å². The molecule has 0 radical (unpaired) electrons. The molecule has 1 aromatic carbocycles. The van der Waals surface area contributed by atoms with Crippen LogP contribution in [0.25, 0.3) is 0 Å². The summed E-state index contributed by atoms with van der Waals surface area (Å²) in [7, 11) is 0. The first-order valence-corrected chi connectivity index (χ1v) is 5.23. The second kappa shape index (κ2) is 3.62. The third-order valence-corrected chi connectivity index (χ3v) is 2.82. The third kappa shape index (κ3) is 1.40. The number of benzene rings is 1. The number of hydrogen-bond acceptors (Lipinski definition) is 1. The van der Waals surface area contributed by atoms with Crippen molar-refractivity contribution in [3.63, 3.8) is 0 Å². The Kier molecular flexibility index (Phi) is 2.46. The number of alkyl halides is 1. The first-order chi connectivity index (χ1) is 6.74. The Labute approximate surface area is 88.5 Å². The van der Waals surface area contributed by atoms with Gasteiger partial charge >= 0.3 is 0 Å². The van der Waals surface area contributed by atoms with Crippen molar-refractivity contribution >= 4 is 23.2 Å². The average molecular weight is 210 g/mol. The maximum atomic E-state index is 11.6. The molecule has 0 fully saturated rings. The van der Waals surface area contributed by atoms with Gasteiger partial charge in [0.05, 0.1) is 0 Å². The van der Waals surface area contributed by atoms with Crippen molar-refractivity contribution < 1.29 is 4.79 Å². The van der Waals surface area contributed by atoms with Gasteiger partial charge in [0, 0.05) is 11.7 Å². The van der Waals surface area contributed by atoms with E-state index in [2.05, 4.69) is 6.07 Å². The maximum Gasteiger partial charge on any atom is 0.242 e. The van der Waals surface area contributed by atoms with E-state index in [4.69, 9.17) is 11.6 Å². The summed E-state index contributed by atoms with van der Waals surface area (Å²) in [6.07, 6.45) is 0.929. The molecule has 14 heavy (non-hydrogen) atoms. The van der Waals surface area contributed by atoms with E-state index in [1.165, 1.54) is 5.56 Å². The molecule has 3 heteroatoms. The molecule has 0 aliphatic carbocycles. The van der Waals surface area contributed by atoms with Gasteiger partial charge in [-0.2, -0.15) is 0 Å². The summed E-state index contributed by atoms with van der Waals surface area (Å²) in [5, 5.41) is 0. The van der Waals surface area contributed by atoms with Crippen LogP contribution >= 0.6 is 11.6 Å². The summed E-state index contributed by atoms with van der Waals surface area (Å²) in [5.41, 5.74) is 2.25. The number of carbonyl (C=O) groups is 1. The molecule has 0 aromatic heterocycles. The molecule has 1 aliphatic rings. The van der Waals surface area contributed by atoms with E-state index in [0.717, 1.165) is 12.1 Å². The molecule has 0 spiro atoms. The summed E-state index contributed by atoms with van der Waals surface area (Å²) in [6, 6.07) is 8.22. The Hall–Kier alpha value is -1.02. The number of amides is 1. The SMILES string of the molecule is C[C@@H]1Cc2ccccc2N1C(=O)CCl. The van der Waals surface area contributed by atoms with Gasteiger partial charge in [0.15, 0.2) is 0 Å². The van der Waals surface area contributed by atoms with Gasteiger partial charge < -0.3 is 4.90 Å². The van der Waals surface area contributed by atoms with Crippen LogP contribution < -0.4 is 4.90 Å². The van der Waals surface area contributed by atoms with Gasteiger partial charge in [0.2, 0.25) is 5.91 Å². The summed E-state index contributed by atoms with van der Waals surface area (Å²) in [5.74, 6) is 0.0442. The number of rotatable bonds is 1. The molecule has 0 bridgehead atoms. The second-order valence-electron chi connectivity index (χ2n) is 3.58. The van der Waals surface area contributed by atoms with E-state index < -0.39 is 0 Å². The number of anilines is 1. The highest BCUT2D eigenvalue weighted by molar-refractivity contribution is 6.29. The predicted octanol–water partition coefficient (Wildman–Crippen LogP) is 2.20. The Morgan fingerprint density at radius 1 is 1.57 bits per heavy atom. The van der Waals surface area contributed by atoms with Crippen molar-refractivity contribution in [3.8, 4) is 0 Å². The molecule has 1 amide bonds. The van der Waals surface area contributed by atoms with Crippen LogP contribution in [0, 0.1) is 0 Å². The monoisotopic (exact) mass is 209 g/mol. The summed E-state index contributed by atoms with van der Waals surface area (Å²) in [6.45, 7) is 2.05. The van der Waals surface area contributed by atoms with Crippen LogP contribution in [0.15, 0.2) is 24.3 Å². The highest BCUT2D eigenvalue weighted by Crippen LogP contribution is 2.31. The smallest absolute Gasteiger partial charge is 0.242 e. The zero-order valence-corrected chi connectivity index (χ0v) is 8.79. The molecule has 2 rings (SSSR count). The van der Waals surface area contributed by atoms with E-state index in [1.807, 2.05) is 25.1 Å². The standard InChI is InChI=1S/C11H12ClNO/c1-8-6-9-4-2-3-5-10(9)13(8)11(14)7-12/h2-5,8H,6-7H2,1H3/t8-/m1/s1. The number of fused-ring (bicyclic) bond motifs is 1. The molecule has 0 N–H and O–H groups in total. The van der Waals surface area contributed by atoms with Gasteiger partial charge in [-0.25, -0.2) is 0 Å². The first kappa shape index (κ1) is 9.53. The Balaban J connectivity index is 2.39. The zero-order chi connectivity index (χ0) is 10.1. The number of para-hydroxylation sites is 1. The summed E-state index contributed by atoms with van der Waals surface area (Å²) >= 11 is 5.57. The van der Waals surface area contributed by atoms with E-state index in [9.17, 15) is 4.79 Å². The number of hydrogen-bond donors (Lipinski definition) is 0. The molecule has 2 nitrogen and oxygen atoms in total. The van der Waals surface area contributed by atoms with Crippen LogP contribution in [0.1, 0.15) is 12.5 Å². The lowest BCUT2D eigenvalue weighted by Gasteiger charge is -2.21. The molecule has 0 saturated carbocycles. The third-order valence-electron chi connectivity index (χ3n) is 2.59. The lowest BCUT2D eigenvalue weighted by atomic mass is 10.1. The first-order valence-electron chi connectivity index (χ1n) is 4.70. The van der Waals surface area contributed by atoms with Crippen molar-refractivity contribution in [2.75, 3.05) is 10.8 Å². The van der Waals surface area contributed by atoms with Crippen LogP contribution in [0.4, 0.5) is 5.69 Å². The average Bonchev–Trinajstić information content (AvgIpc) is 2.53. The molecule has 1 atom stereocenters. The fraction of sp³-hybridized carbons (Fsp3) is 0.364. The molecule has 1 aromatic rings. The predicted molar refractivity (Wildman–Crippen MR) is 57.8 cm³/mol. The molecule has 0 unspecified atom stereocenters. The molecular formula is C11H12ClNO. The molecule has 0 saturated heterocycles. The fourth-order valence-electron chi connectivity index (χ4n) is 2.01. The Morgan fingerprint density at radius 3 is 3.00 bits per heavy atom. The lowest BCUT2D eigenvalue weighted by molar-refractivity contribution is -0.116. The quantitative estimate of drug-likeness (QED) is 0.650. The highest BCUT2D eigenvalue weighted by atomic mass is 35.5. The number of nitrogens with zero attached hydrogens (tertiary/aromatic N) is 1. The molecule has 1 aliphatic heterocycles. The molecule has 74 valence electrons. The van der Waals surface area contributed by atoms with Crippen LogP contribution in [0.2, 0.25) is 0 Å². The minimum absolute atomic E-state index is 0.0101. The van der Waals surface area contributed by atoms with Gasteiger partial charge in [0.1, 0.15) is 5.88 Å². The number of halogens is 1. The van der Waals surface area contributed by atoms with Crippen molar-refractivity contribution in [2.45, 2.75) is 19.4 Å². The van der Waals surface area contributed by atoms with E-state index >= 15 is 0 Å². The van der Waals surface area contributed by atoms with Gasteiger partial charge in [-0.1, -0.05) is 18.2 Å². The van der Waals surface area contributed by atoms with Crippen LogP contribution in [0.3, 0.4) is 0 Å². The highest BCUT2D eigenvalue weighted by Gasteiger charge is 2.29. The summed E-state index contributed by atoms with van der Waals surface area (Å²) in [4.78, 5) is 13.4. The largest absolute Gasteiger partial charge is 0.308 e. The Bertz CT molecular complexity index is 364. The van der Waals surface area contributed by atoms with E-state index in [-0.39, 0.29) is 17.8 Å².